The molecule has 4 heteroatoms. The SMILES string of the molecule is O=C(Cc1ccc(Br)c2ccccc12)N/N=C/C=C/c1ccccc1. The van der Waals surface area contributed by atoms with Crippen LogP contribution in [0.5, 0.6) is 0 Å². The lowest BCUT2D eigenvalue weighted by Crippen LogP contribution is -2.19. The summed E-state index contributed by atoms with van der Waals surface area (Å²) in [4.78, 5) is 12.1. The number of hydrogen-bond acceptors (Lipinski definition) is 2. The lowest BCUT2D eigenvalue weighted by molar-refractivity contribution is -0.120. The summed E-state index contributed by atoms with van der Waals surface area (Å²) in [5.74, 6) is -0.142. The van der Waals surface area contributed by atoms with Crippen molar-refractivity contribution in [3.05, 3.63) is 88.4 Å². The Bertz CT molecular complexity index is 933. The number of amides is 1. The summed E-state index contributed by atoms with van der Waals surface area (Å²) >= 11 is 3.54. The third-order valence-electron chi connectivity index (χ3n) is 3.75. The van der Waals surface area contributed by atoms with Crippen molar-refractivity contribution in [2.75, 3.05) is 0 Å². The lowest BCUT2D eigenvalue weighted by Gasteiger charge is -2.07. The molecule has 3 rings (SSSR count). The zero-order valence-corrected chi connectivity index (χ0v) is 15.1. The van der Waals surface area contributed by atoms with Crippen LogP contribution in [-0.4, -0.2) is 12.1 Å². The first-order valence-electron chi connectivity index (χ1n) is 7.94. The Morgan fingerprint density at radius 2 is 1.68 bits per heavy atom. The van der Waals surface area contributed by atoms with Gasteiger partial charge in [0.2, 0.25) is 5.91 Å². The number of hydrazone groups is 1. The Hall–Kier alpha value is -2.72. The van der Waals surface area contributed by atoms with E-state index in [9.17, 15) is 4.79 Å². The van der Waals surface area contributed by atoms with Crippen molar-refractivity contribution in [2.45, 2.75) is 6.42 Å². The molecular formula is C21H17BrN2O. The molecule has 0 fully saturated rings. The van der Waals surface area contributed by atoms with Crippen LogP contribution >= 0.6 is 15.9 Å². The molecule has 0 unspecified atom stereocenters. The quantitative estimate of drug-likeness (QED) is 0.483. The molecule has 3 aromatic rings. The average molecular weight is 393 g/mol. The number of hydrogen-bond donors (Lipinski definition) is 1. The summed E-state index contributed by atoms with van der Waals surface area (Å²) in [7, 11) is 0. The first-order chi connectivity index (χ1) is 12.2. The fourth-order valence-electron chi connectivity index (χ4n) is 2.56. The second-order valence-electron chi connectivity index (χ2n) is 5.51. The first-order valence-corrected chi connectivity index (χ1v) is 8.73. The fraction of sp³-hybridized carbons (Fsp3) is 0.0476. The normalized spacial score (nSPS) is 11.4. The van der Waals surface area contributed by atoms with Crippen LogP contribution in [-0.2, 0) is 11.2 Å². The van der Waals surface area contributed by atoms with Gasteiger partial charge in [-0.3, -0.25) is 4.79 Å². The lowest BCUT2D eigenvalue weighted by atomic mass is 10.0. The van der Waals surface area contributed by atoms with E-state index < -0.39 is 0 Å². The molecule has 0 aliphatic rings. The van der Waals surface area contributed by atoms with E-state index in [0.717, 1.165) is 26.4 Å². The van der Waals surface area contributed by atoms with E-state index >= 15 is 0 Å². The minimum absolute atomic E-state index is 0.142. The van der Waals surface area contributed by atoms with Crippen LogP contribution in [0.25, 0.3) is 16.8 Å². The molecule has 1 N–H and O–H groups in total. The topological polar surface area (TPSA) is 41.5 Å². The molecule has 124 valence electrons. The zero-order chi connectivity index (χ0) is 17.5. The van der Waals surface area contributed by atoms with Crippen molar-refractivity contribution in [1.82, 2.24) is 5.43 Å². The van der Waals surface area contributed by atoms with Gasteiger partial charge in [0.1, 0.15) is 0 Å². The standard InChI is InChI=1S/C21H17BrN2O/c22-20-13-12-17(18-10-4-5-11-19(18)20)15-21(25)24-23-14-6-9-16-7-2-1-3-8-16/h1-14H,15H2,(H,24,25)/b9-6+,23-14+. The van der Waals surface area contributed by atoms with Crippen molar-refractivity contribution in [1.29, 1.82) is 0 Å². The van der Waals surface area contributed by atoms with Crippen LogP contribution in [0, 0.1) is 0 Å². The van der Waals surface area contributed by atoms with Crippen LogP contribution in [0.1, 0.15) is 11.1 Å². The predicted octanol–water partition coefficient (Wildman–Crippen LogP) is 4.96. The molecule has 0 saturated carbocycles. The third kappa shape index (κ3) is 4.64. The second-order valence-corrected chi connectivity index (χ2v) is 6.37. The predicted molar refractivity (Wildman–Crippen MR) is 107 cm³/mol. The van der Waals surface area contributed by atoms with Crippen LogP contribution in [0.4, 0.5) is 0 Å². The molecule has 0 atom stereocenters. The maximum absolute atomic E-state index is 12.1. The molecule has 3 aromatic carbocycles. The summed E-state index contributed by atoms with van der Waals surface area (Å²) in [5.41, 5.74) is 4.63. The van der Waals surface area contributed by atoms with Gasteiger partial charge in [-0.25, -0.2) is 5.43 Å². The Morgan fingerprint density at radius 3 is 2.48 bits per heavy atom. The largest absolute Gasteiger partial charge is 0.273 e. The molecule has 0 aromatic heterocycles. The molecule has 0 heterocycles. The minimum atomic E-state index is -0.142. The van der Waals surface area contributed by atoms with E-state index in [1.54, 1.807) is 12.3 Å². The highest BCUT2D eigenvalue weighted by atomic mass is 79.9. The van der Waals surface area contributed by atoms with Crippen LogP contribution < -0.4 is 5.43 Å². The number of carbonyl (C=O) groups is 1. The van der Waals surface area contributed by atoms with E-state index in [1.807, 2.05) is 72.8 Å². The monoisotopic (exact) mass is 392 g/mol. The molecule has 0 radical (unpaired) electrons. The van der Waals surface area contributed by atoms with Gasteiger partial charge < -0.3 is 0 Å². The Balaban J connectivity index is 1.61. The van der Waals surface area contributed by atoms with Gasteiger partial charge in [0.15, 0.2) is 0 Å². The molecule has 0 bridgehead atoms. The maximum atomic E-state index is 12.1. The number of nitrogens with zero attached hydrogens (tertiary/aromatic N) is 1. The maximum Gasteiger partial charge on any atom is 0.244 e. The van der Waals surface area contributed by atoms with E-state index in [-0.39, 0.29) is 12.3 Å². The third-order valence-corrected chi connectivity index (χ3v) is 4.44. The molecule has 0 aliphatic heterocycles. The number of fused-ring (bicyclic) bond motifs is 1. The van der Waals surface area contributed by atoms with E-state index in [1.165, 1.54) is 0 Å². The molecule has 0 saturated heterocycles. The van der Waals surface area contributed by atoms with Gasteiger partial charge in [-0.1, -0.05) is 82.7 Å². The molecule has 3 nitrogen and oxygen atoms in total. The van der Waals surface area contributed by atoms with Gasteiger partial charge in [-0.05, 0) is 34.0 Å². The Morgan fingerprint density at radius 1 is 0.960 bits per heavy atom. The number of carbonyl (C=O) groups excluding carboxylic acids is 1. The Labute approximate surface area is 155 Å². The summed E-state index contributed by atoms with van der Waals surface area (Å²) < 4.78 is 1.02. The summed E-state index contributed by atoms with van der Waals surface area (Å²) in [6, 6.07) is 21.9. The van der Waals surface area contributed by atoms with Gasteiger partial charge in [0, 0.05) is 10.7 Å². The van der Waals surface area contributed by atoms with Crippen molar-refractivity contribution in [2.24, 2.45) is 5.10 Å². The van der Waals surface area contributed by atoms with Gasteiger partial charge in [0.05, 0.1) is 6.42 Å². The highest BCUT2D eigenvalue weighted by Gasteiger charge is 2.07. The van der Waals surface area contributed by atoms with Crippen LogP contribution in [0.2, 0.25) is 0 Å². The minimum Gasteiger partial charge on any atom is -0.273 e. The van der Waals surface area contributed by atoms with E-state index in [4.69, 9.17) is 0 Å². The number of halogens is 1. The highest BCUT2D eigenvalue weighted by molar-refractivity contribution is 9.10. The molecule has 1 amide bonds. The molecule has 0 aliphatic carbocycles. The summed E-state index contributed by atoms with van der Waals surface area (Å²) in [6.45, 7) is 0. The van der Waals surface area contributed by atoms with Gasteiger partial charge in [-0.15, -0.1) is 0 Å². The fourth-order valence-corrected chi connectivity index (χ4v) is 3.04. The van der Waals surface area contributed by atoms with Gasteiger partial charge in [-0.2, -0.15) is 5.10 Å². The van der Waals surface area contributed by atoms with Crippen molar-refractivity contribution in [3.63, 3.8) is 0 Å². The van der Waals surface area contributed by atoms with Crippen molar-refractivity contribution < 1.29 is 4.79 Å². The number of rotatable bonds is 5. The van der Waals surface area contributed by atoms with Gasteiger partial charge >= 0.3 is 0 Å². The van der Waals surface area contributed by atoms with Crippen LogP contribution in [0.3, 0.4) is 0 Å². The number of benzene rings is 3. The van der Waals surface area contributed by atoms with Crippen LogP contribution in [0.15, 0.2) is 82.4 Å². The number of allylic oxidation sites excluding steroid dienone is 1. The van der Waals surface area contributed by atoms with E-state index in [0.29, 0.717) is 0 Å². The van der Waals surface area contributed by atoms with E-state index in [2.05, 4.69) is 26.5 Å². The Kier molecular flexibility index (Phi) is 5.75. The highest BCUT2D eigenvalue weighted by Crippen LogP contribution is 2.27. The molecule has 0 spiro atoms. The van der Waals surface area contributed by atoms with Crippen molar-refractivity contribution in [3.8, 4) is 0 Å². The van der Waals surface area contributed by atoms with Gasteiger partial charge in [0.25, 0.3) is 0 Å². The number of nitrogens with one attached hydrogen (secondary N) is 1. The van der Waals surface area contributed by atoms with Crippen molar-refractivity contribution >= 4 is 44.9 Å². The summed E-state index contributed by atoms with van der Waals surface area (Å²) in [5, 5.41) is 6.13. The molecular weight excluding hydrogens is 376 g/mol. The summed E-state index contributed by atoms with van der Waals surface area (Å²) in [6.07, 6.45) is 5.58. The molecule has 25 heavy (non-hydrogen) atoms. The zero-order valence-electron chi connectivity index (χ0n) is 13.5. The average Bonchev–Trinajstić information content (AvgIpc) is 2.65. The first kappa shape index (κ1) is 17.1. The smallest absolute Gasteiger partial charge is 0.244 e. The second kappa shape index (κ2) is 8.40.